The quantitative estimate of drug-likeness (QED) is 0.475. The number of rotatable bonds is 5. The summed E-state index contributed by atoms with van der Waals surface area (Å²) in [5.74, 6) is -2.86. The number of halogens is 2. The van der Waals surface area contributed by atoms with Crippen LogP contribution in [0.15, 0.2) is 12.1 Å². The second kappa shape index (κ2) is 7.31. The molecule has 104 valence electrons. The van der Waals surface area contributed by atoms with Crippen molar-refractivity contribution in [2.45, 2.75) is 19.8 Å². The Labute approximate surface area is 120 Å². The third kappa shape index (κ3) is 4.08. The van der Waals surface area contributed by atoms with Crippen LogP contribution < -0.4 is 0 Å². The van der Waals surface area contributed by atoms with E-state index >= 15 is 0 Å². The SMILES string of the molecule is CCOC(=O)C(C(=O)OCC)c1nc(Cl)ccc1Cl. The van der Waals surface area contributed by atoms with Crippen LogP contribution in [-0.2, 0) is 19.1 Å². The average molecular weight is 306 g/mol. The number of aromatic nitrogens is 1. The molecule has 7 heteroatoms. The number of hydrogen-bond donors (Lipinski definition) is 0. The van der Waals surface area contributed by atoms with Gasteiger partial charge in [-0.3, -0.25) is 9.59 Å². The second-order valence-corrected chi connectivity index (χ2v) is 4.23. The zero-order valence-electron chi connectivity index (χ0n) is 10.5. The number of hydrogen-bond acceptors (Lipinski definition) is 5. The molecule has 0 N–H and O–H groups in total. The summed E-state index contributed by atoms with van der Waals surface area (Å²) in [7, 11) is 0. The molecule has 19 heavy (non-hydrogen) atoms. The summed E-state index contributed by atoms with van der Waals surface area (Å²) in [5.41, 5.74) is 0.0334. The Balaban J connectivity index is 3.18. The van der Waals surface area contributed by atoms with Gasteiger partial charge in [0.1, 0.15) is 5.15 Å². The van der Waals surface area contributed by atoms with Crippen LogP contribution >= 0.6 is 23.2 Å². The molecule has 0 radical (unpaired) electrons. The fraction of sp³-hybridized carbons (Fsp3) is 0.417. The van der Waals surface area contributed by atoms with Gasteiger partial charge in [0.25, 0.3) is 0 Å². The van der Waals surface area contributed by atoms with Crippen LogP contribution in [0.3, 0.4) is 0 Å². The van der Waals surface area contributed by atoms with Gasteiger partial charge >= 0.3 is 11.9 Å². The molecule has 0 atom stereocenters. The van der Waals surface area contributed by atoms with E-state index in [-0.39, 0.29) is 29.1 Å². The van der Waals surface area contributed by atoms with Gasteiger partial charge in [-0.25, -0.2) is 4.98 Å². The molecule has 0 saturated heterocycles. The van der Waals surface area contributed by atoms with Gasteiger partial charge in [-0.2, -0.15) is 0 Å². The van der Waals surface area contributed by atoms with Gasteiger partial charge in [0.15, 0.2) is 5.92 Å². The highest BCUT2D eigenvalue weighted by Crippen LogP contribution is 2.26. The molecule has 1 aromatic heterocycles. The molecular formula is C12H13Cl2NO4. The minimum Gasteiger partial charge on any atom is -0.465 e. The van der Waals surface area contributed by atoms with E-state index in [1.807, 2.05) is 0 Å². The molecule has 5 nitrogen and oxygen atoms in total. The maximum atomic E-state index is 11.9. The summed E-state index contributed by atoms with van der Waals surface area (Å²) in [5, 5.41) is 0.272. The first-order chi connectivity index (χ1) is 9.01. The first-order valence-electron chi connectivity index (χ1n) is 5.66. The van der Waals surface area contributed by atoms with Gasteiger partial charge in [-0.05, 0) is 26.0 Å². The standard InChI is InChI=1S/C12H13Cl2NO4/c1-3-18-11(16)9(12(17)19-4-2)10-7(13)5-6-8(14)15-10/h5-6,9H,3-4H2,1-2H3. The molecule has 0 spiro atoms. The van der Waals surface area contributed by atoms with E-state index in [2.05, 4.69) is 4.98 Å². The van der Waals surface area contributed by atoms with Crippen molar-refractivity contribution >= 4 is 35.1 Å². The van der Waals surface area contributed by atoms with E-state index in [1.54, 1.807) is 13.8 Å². The number of carbonyl (C=O) groups excluding carboxylic acids is 2. The van der Waals surface area contributed by atoms with Gasteiger partial charge in [-0.1, -0.05) is 23.2 Å². The predicted octanol–water partition coefficient (Wildman–Crippen LogP) is 2.60. The van der Waals surface area contributed by atoms with Crippen LogP contribution in [0.4, 0.5) is 0 Å². The van der Waals surface area contributed by atoms with Gasteiger partial charge in [0, 0.05) is 0 Å². The van der Waals surface area contributed by atoms with E-state index in [9.17, 15) is 9.59 Å². The van der Waals surface area contributed by atoms with Crippen molar-refractivity contribution in [3.05, 3.63) is 28.0 Å². The average Bonchev–Trinajstić information content (AvgIpc) is 2.34. The Morgan fingerprint density at radius 2 is 1.68 bits per heavy atom. The minimum atomic E-state index is -1.33. The van der Waals surface area contributed by atoms with E-state index in [0.29, 0.717) is 0 Å². The van der Waals surface area contributed by atoms with Gasteiger partial charge < -0.3 is 9.47 Å². The lowest BCUT2D eigenvalue weighted by molar-refractivity contribution is -0.157. The molecule has 0 bridgehead atoms. The smallest absolute Gasteiger partial charge is 0.326 e. The first-order valence-corrected chi connectivity index (χ1v) is 6.42. The number of pyridine rings is 1. The summed E-state index contributed by atoms with van der Waals surface area (Å²) < 4.78 is 9.68. The molecule has 1 heterocycles. The molecule has 0 aliphatic carbocycles. The Bertz CT molecular complexity index is 461. The lowest BCUT2D eigenvalue weighted by Crippen LogP contribution is -2.27. The van der Waals surface area contributed by atoms with E-state index in [0.717, 1.165) is 0 Å². The topological polar surface area (TPSA) is 65.5 Å². The molecule has 0 aromatic carbocycles. The van der Waals surface area contributed by atoms with Crippen LogP contribution in [0, 0.1) is 0 Å². The number of nitrogens with zero attached hydrogens (tertiary/aromatic N) is 1. The van der Waals surface area contributed by atoms with Crippen LogP contribution in [0.5, 0.6) is 0 Å². The largest absolute Gasteiger partial charge is 0.465 e. The van der Waals surface area contributed by atoms with Crippen LogP contribution in [0.25, 0.3) is 0 Å². The summed E-state index contributed by atoms with van der Waals surface area (Å²) in [6.07, 6.45) is 0. The van der Waals surface area contributed by atoms with Gasteiger partial charge in [-0.15, -0.1) is 0 Å². The Morgan fingerprint density at radius 1 is 1.16 bits per heavy atom. The Morgan fingerprint density at radius 3 is 2.16 bits per heavy atom. The summed E-state index contributed by atoms with van der Waals surface area (Å²) >= 11 is 11.7. The van der Waals surface area contributed by atoms with Crippen LogP contribution in [-0.4, -0.2) is 30.1 Å². The molecule has 0 aliphatic rings. The Hall–Kier alpha value is -1.33. The van der Waals surface area contributed by atoms with Crippen molar-refractivity contribution in [3.63, 3.8) is 0 Å². The first kappa shape index (κ1) is 15.7. The predicted molar refractivity (Wildman–Crippen MR) is 70.3 cm³/mol. The highest BCUT2D eigenvalue weighted by molar-refractivity contribution is 6.33. The van der Waals surface area contributed by atoms with Crippen LogP contribution in [0.1, 0.15) is 25.5 Å². The lowest BCUT2D eigenvalue weighted by atomic mass is 10.1. The summed E-state index contributed by atoms with van der Waals surface area (Å²) in [6.45, 7) is 3.53. The third-order valence-electron chi connectivity index (χ3n) is 2.16. The zero-order valence-corrected chi connectivity index (χ0v) is 12.0. The highest BCUT2D eigenvalue weighted by Gasteiger charge is 2.34. The zero-order chi connectivity index (χ0) is 14.4. The van der Waals surface area contributed by atoms with E-state index < -0.39 is 17.9 Å². The highest BCUT2D eigenvalue weighted by atomic mass is 35.5. The summed E-state index contributed by atoms with van der Waals surface area (Å²) in [4.78, 5) is 27.6. The maximum absolute atomic E-state index is 11.9. The molecule has 1 rings (SSSR count). The molecule has 0 fully saturated rings. The van der Waals surface area contributed by atoms with Gasteiger partial charge in [0.05, 0.1) is 23.9 Å². The minimum absolute atomic E-state index is 0.0334. The number of carbonyl (C=O) groups is 2. The molecule has 1 aromatic rings. The number of ether oxygens (including phenoxy) is 2. The molecule has 0 aliphatic heterocycles. The normalized spacial score (nSPS) is 10.4. The second-order valence-electron chi connectivity index (χ2n) is 3.44. The fourth-order valence-corrected chi connectivity index (χ4v) is 1.77. The van der Waals surface area contributed by atoms with Crippen molar-refractivity contribution in [3.8, 4) is 0 Å². The van der Waals surface area contributed by atoms with Crippen LogP contribution in [0.2, 0.25) is 10.2 Å². The van der Waals surface area contributed by atoms with Gasteiger partial charge in [0.2, 0.25) is 0 Å². The molecule has 0 saturated carbocycles. The molecular weight excluding hydrogens is 293 g/mol. The van der Waals surface area contributed by atoms with Crippen molar-refractivity contribution in [1.82, 2.24) is 4.98 Å². The van der Waals surface area contributed by atoms with Crippen molar-refractivity contribution in [1.29, 1.82) is 0 Å². The monoisotopic (exact) mass is 305 g/mol. The van der Waals surface area contributed by atoms with E-state index in [1.165, 1.54) is 12.1 Å². The number of esters is 2. The lowest BCUT2D eigenvalue weighted by Gasteiger charge is -2.15. The molecule has 0 unspecified atom stereocenters. The van der Waals surface area contributed by atoms with Crippen molar-refractivity contribution in [2.24, 2.45) is 0 Å². The van der Waals surface area contributed by atoms with E-state index in [4.69, 9.17) is 32.7 Å². The van der Waals surface area contributed by atoms with Crippen molar-refractivity contribution in [2.75, 3.05) is 13.2 Å². The molecule has 0 amide bonds. The third-order valence-corrected chi connectivity index (χ3v) is 2.69. The fourth-order valence-electron chi connectivity index (χ4n) is 1.41. The maximum Gasteiger partial charge on any atom is 0.326 e. The van der Waals surface area contributed by atoms with Crippen molar-refractivity contribution < 1.29 is 19.1 Å². The Kier molecular flexibility index (Phi) is 6.05. The summed E-state index contributed by atoms with van der Waals surface area (Å²) in [6, 6.07) is 2.92.